The van der Waals surface area contributed by atoms with E-state index in [-0.39, 0.29) is 6.03 Å². The fraction of sp³-hybridized carbons (Fsp3) is 0.238. The van der Waals surface area contributed by atoms with Crippen LogP contribution in [0.15, 0.2) is 55.0 Å². The minimum absolute atomic E-state index is 0.152. The second-order valence-corrected chi connectivity index (χ2v) is 7.40. The van der Waals surface area contributed by atoms with Gasteiger partial charge in [0.1, 0.15) is 23.8 Å². The van der Waals surface area contributed by atoms with Gasteiger partial charge in [0.2, 0.25) is 0 Å². The molecule has 0 bridgehead atoms. The van der Waals surface area contributed by atoms with Gasteiger partial charge in [-0.3, -0.25) is 0 Å². The first-order chi connectivity index (χ1) is 14.6. The number of benzene rings is 1. The van der Waals surface area contributed by atoms with Crippen LogP contribution in [0, 0.1) is 6.92 Å². The van der Waals surface area contributed by atoms with Crippen molar-refractivity contribution >= 4 is 40.8 Å². The number of aromatic nitrogens is 3. The number of hydrogen-bond donors (Lipinski definition) is 2. The molecular weight excluding hydrogens is 402 g/mol. The Hall–Kier alpha value is -3.39. The SMILES string of the molecule is Cc1ccc(NC(=O)N2CCN(c3cc(Nc4ccccn4)ncn3)CC2)c(Cl)c1. The number of hydrogen-bond acceptors (Lipinski definition) is 6. The molecule has 1 aliphatic heterocycles. The highest BCUT2D eigenvalue weighted by molar-refractivity contribution is 6.33. The Kier molecular flexibility index (Phi) is 5.94. The van der Waals surface area contributed by atoms with E-state index in [1.807, 2.05) is 49.4 Å². The van der Waals surface area contributed by atoms with E-state index in [1.165, 1.54) is 6.33 Å². The number of halogens is 1. The van der Waals surface area contributed by atoms with E-state index >= 15 is 0 Å². The zero-order chi connectivity index (χ0) is 20.9. The third kappa shape index (κ3) is 4.77. The Morgan fingerprint density at radius 1 is 1.00 bits per heavy atom. The summed E-state index contributed by atoms with van der Waals surface area (Å²) in [4.78, 5) is 29.4. The average molecular weight is 424 g/mol. The van der Waals surface area contributed by atoms with Crippen LogP contribution in [0.25, 0.3) is 0 Å². The van der Waals surface area contributed by atoms with Gasteiger partial charge in [0.25, 0.3) is 0 Å². The number of carbonyl (C=O) groups is 1. The first-order valence-electron chi connectivity index (χ1n) is 9.65. The third-order valence-corrected chi connectivity index (χ3v) is 5.14. The zero-order valence-corrected chi connectivity index (χ0v) is 17.3. The summed E-state index contributed by atoms with van der Waals surface area (Å²) in [5, 5.41) is 6.60. The van der Waals surface area contributed by atoms with Crippen molar-refractivity contribution in [3.05, 3.63) is 65.6 Å². The number of nitrogens with zero attached hydrogens (tertiary/aromatic N) is 5. The molecule has 0 atom stereocenters. The van der Waals surface area contributed by atoms with Crippen LogP contribution in [0.1, 0.15) is 5.56 Å². The molecular formula is C21H22ClN7O. The van der Waals surface area contributed by atoms with Crippen molar-refractivity contribution in [1.29, 1.82) is 0 Å². The van der Waals surface area contributed by atoms with Crippen molar-refractivity contribution in [1.82, 2.24) is 19.9 Å². The molecule has 9 heteroatoms. The Labute approximate surface area is 179 Å². The van der Waals surface area contributed by atoms with Crippen LogP contribution >= 0.6 is 11.6 Å². The molecule has 3 aromatic rings. The largest absolute Gasteiger partial charge is 0.353 e. The van der Waals surface area contributed by atoms with Crippen LogP contribution in [-0.4, -0.2) is 52.1 Å². The molecule has 154 valence electrons. The highest BCUT2D eigenvalue weighted by atomic mass is 35.5. The molecule has 2 N–H and O–H groups in total. The summed E-state index contributed by atoms with van der Waals surface area (Å²) in [5.41, 5.74) is 1.67. The maximum Gasteiger partial charge on any atom is 0.322 e. The third-order valence-electron chi connectivity index (χ3n) is 4.83. The quantitative estimate of drug-likeness (QED) is 0.661. The maximum absolute atomic E-state index is 12.6. The van der Waals surface area contributed by atoms with Crippen LogP contribution in [-0.2, 0) is 0 Å². The first-order valence-corrected chi connectivity index (χ1v) is 10.0. The molecule has 3 heterocycles. The van der Waals surface area contributed by atoms with Crippen molar-refractivity contribution in [3.8, 4) is 0 Å². The van der Waals surface area contributed by atoms with Gasteiger partial charge in [-0.1, -0.05) is 23.7 Å². The molecule has 0 radical (unpaired) electrons. The van der Waals surface area contributed by atoms with Gasteiger partial charge in [-0.15, -0.1) is 0 Å². The van der Waals surface area contributed by atoms with E-state index in [0.29, 0.717) is 42.7 Å². The Bertz CT molecular complexity index is 1020. The van der Waals surface area contributed by atoms with Gasteiger partial charge in [-0.05, 0) is 36.8 Å². The Morgan fingerprint density at radius 3 is 2.57 bits per heavy atom. The number of pyridine rings is 1. The summed E-state index contributed by atoms with van der Waals surface area (Å²) < 4.78 is 0. The fourth-order valence-corrected chi connectivity index (χ4v) is 3.49. The number of piperazine rings is 1. The summed E-state index contributed by atoms with van der Waals surface area (Å²) in [6.07, 6.45) is 3.25. The topological polar surface area (TPSA) is 86.3 Å². The van der Waals surface area contributed by atoms with Gasteiger partial charge in [0.05, 0.1) is 10.7 Å². The van der Waals surface area contributed by atoms with E-state index in [4.69, 9.17) is 11.6 Å². The molecule has 2 amide bonds. The predicted octanol–water partition coefficient (Wildman–Crippen LogP) is 3.93. The highest BCUT2D eigenvalue weighted by Gasteiger charge is 2.22. The van der Waals surface area contributed by atoms with E-state index < -0.39 is 0 Å². The highest BCUT2D eigenvalue weighted by Crippen LogP contribution is 2.24. The molecule has 1 aromatic carbocycles. The lowest BCUT2D eigenvalue weighted by molar-refractivity contribution is 0.208. The monoisotopic (exact) mass is 423 g/mol. The van der Waals surface area contributed by atoms with Crippen molar-refractivity contribution in [2.45, 2.75) is 6.92 Å². The van der Waals surface area contributed by atoms with E-state index in [2.05, 4.69) is 30.5 Å². The number of amides is 2. The minimum Gasteiger partial charge on any atom is -0.353 e. The molecule has 2 aromatic heterocycles. The maximum atomic E-state index is 12.6. The van der Waals surface area contributed by atoms with Crippen LogP contribution in [0.4, 0.5) is 27.9 Å². The van der Waals surface area contributed by atoms with Crippen LogP contribution in [0.5, 0.6) is 0 Å². The number of anilines is 4. The molecule has 0 aliphatic carbocycles. The molecule has 0 unspecified atom stereocenters. The Balaban J connectivity index is 1.35. The summed E-state index contributed by atoms with van der Waals surface area (Å²) in [6, 6.07) is 13.0. The van der Waals surface area contributed by atoms with Crippen molar-refractivity contribution < 1.29 is 4.79 Å². The van der Waals surface area contributed by atoms with Gasteiger partial charge < -0.3 is 20.4 Å². The lowest BCUT2D eigenvalue weighted by Gasteiger charge is -2.35. The zero-order valence-electron chi connectivity index (χ0n) is 16.5. The van der Waals surface area contributed by atoms with E-state index in [1.54, 1.807) is 11.1 Å². The molecule has 30 heavy (non-hydrogen) atoms. The molecule has 0 spiro atoms. The summed E-state index contributed by atoms with van der Waals surface area (Å²) >= 11 is 6.22. The van der Waals surface area contributed by atoms with Gasteiger partial charge in [-0.2, -0.15) is 0 Å². The average Bonchev–Trinajstić information content (AvgIpc) is 2.77. The second kappa shape index (κ2) is 8.96. The molecule has 0 saturated carbocycles. The molecule has 1 fully saturated rings. The number of urea groups is 1. The van der Waals surface area contributed by atoms with Crippen molar-refractivity contribution in [3.63, 3.8) is 0 Å². The first kappa shape index (κ1) is 19.9. The molecule has 4 rings (SSSR count). The Morgan fingerprint density at radius 2 is 1.83 bits per heavy atom. The van der Waals surface area contributed by atoms with Crippen molar-refractivity contribution in [2.75, 3.05) is 41.7 Å². The predicted molar refractivity (Wildman–Crippen MR) is 119 cm³/mol. The van der Waals surface area contributed by atoms with E-state index in [9.17, 15) is 4.79 Å². The number of rotatable bonds is 4. The van der Waals surface area contributed by atoms with E-state index in [0.717, 1.165) is 17.2 Å². The molecule has 1 aliphatic rings. The standard InChI is InChI=1S/C21H22ClN7O/c1-15-5-6-17(16(22)12-15)26-21(30)29-10-8-28(9-11-29)20-13-19(24-14-25-20)27-18-4-2-3-7-23-18/h2-7,12-14H,8-11H2,1H3,(H,26,30)(H,23,24,25,27). The summed E-state index contributed by atoms with van der Waals surface area (Å²) in [6.45, 7) is 4.48. The van der Waals surface area contributed by atoms with Gasteiger partial charge in [-0.25, -0.2) is 19.7 Å². The van der Waals surface area contributed by atoms with Crippen LogP contribution in [0.3, 0.4) is 0 Å². The normalized spacial score (nSPS) is 13.8. The number of carbonyl (C=O) groups excluding carboxylic acids is 1. The van der Waals surface area contributed by atoms with Gasteiger partial charge in [0, 0.05) is 38.4 Å². The van der Waals surface area contributed by atoms with Crippen molar-refractivity contribution in [2.24, 2.45) is 0 Å². The summed E-state index contributed by atoms with van der Waals surface area (Å²) in [7, 11) is 0. The van der Waals surface area contributed by atoms with Crippen LogP contribution in [0.2, 0.25) is 5.02 Å². The summed E-state index contributed by atoms with van der Waals surface area (Å²) in [5.74, 6) is 2.20. The fourth-order valence-electron chi connectivity index (χ4n) is 3.21. The van der Waals surface area contributed by atoms with Crippen LogP contribution < -0.4 is 15.5 Å². The number of nitrogens with one attached hydrogen (secondary N) is 2. The van der Waals surface area contributed by atoms with Gasteiger partial charge in [0.15, 0.2) is 0 Å². The lowest BCUT2D eigenvalue weighted by Crippen LogP contribution is -2.50. The smallest absolute Gasteiger partial charge is 0.322 e. The number of aryl methyl sites for hydroxylation is 1. The molecule has 8 nitrogen and oxygen atoms in total. The second-order valence-electron chi connectivity index (χ2n) is 6.99. The molecule has 1 saturated heterocycles. The lowest BCUT2D eigenvalue weighted by atomic mass is 10.2. The minimum atomic E-state index is -0.152. The van der Waals surface area contributed by atoms with Gasteiger partial charge >= 0.3 is 6.03 Å².